The van der Waals surface area contributed by atoms with E-state index in [1.54, 1.807) is 12.1 Å². The summed E-state index contributed by atoms with van der Waals surface area (Å²) in [5.41, 5.74) is 6.34. The number of morpholine rings is 1. The molecule has 0 radical (unpaired) electrons. The van der Waals surface area contributed by atoms with Crippen LogP contribution in [0.5, 0.6) is 5.75 Å². The lowest BCUT2D eigenvalue weighted by Crippen LogP contribution is -2.45. The van der Waals surface area contributed by atoms with Crippen molar-refractivity contribution in [2.75, 3.05) is 29.0 Å². The smallest absolute Gasteiger partial charge is 0.387 e. The van der Waals surface area contributed by atoms with Crippen molar-refractivity contribution >= 4 is 23.1 Å². The van der Waals surface area contributed by atoms with Gasteiger partial charge in [-0.15, -0.1) is 0 Å². The van der Waals surface area contributed by atoms with Gasteiger partial charge in [-0.1, -0.05) is 0 Å². The van der Waals surface area contributed by atoms with E-state index in [1.807, 2.05) is 18.7 Å². The third kappa shape index (κ3) is 4.70. The molecule has 0 aliphatic carbocycles. The third-order valence-electron chi connectivity index (χ3n) is 3.96. The average Bonchev–Trinajstić information content (AvgIpc) is 2.57. The minimum Gasteiger partial charge on any atom is -0.433 e. The maximum absolute atomic E-state index is 13.2. The molecule has 2 unspecified atom stereocenters. The van der Waals surface area contributed by atoms with Crippen LogP contribution in [0.4, 0.5) is 36.3 Å². The van der Waals surface area contributed by atoms with Crippen molar-refractivity contribution < 1.29 is 22.6 Å². The number of benzene rings is 1. The topological polar surface area (TPSA) is 85.5 Å². The lowest BCUT2D eigenvalue weighted by Gasteiger charge is -2.37. The third-order valence-corrected chi connectivity index (χ3v) is 3.96. The Labute approximate surface area is 154 Å². The van der Waals surface area contributed by atoms with Crippen molar-refractivity contribution in [2.24, 2.45) is 0 Å². The minimum atomic E-state index is -2.98. The van der Waals surface area contributed by atoms with Crippen molar-refractivity contribution in [3.63, 3.8) is 0 Å². The first-order valence-electron chi connectivity index (χ1n) is 8.36. The zero-order valence-corrected chi connectivity index (χ0v) is 14.8. The maximum atomic E-state index is 13.2. The van der Waals surface area contributed by atoms with E-state index < -0.39 is 12.4 Å². The summed E-state index contributed by atoms with van der Waals surface area (Å²) >= 11 is 0. The quantitative estimate of drug-likeness (QED) is 0.820. The second-order valence-corrected chi connectivity index (χ2v) is 6.28. The Kier molecular flexibility index (Phi) is 5.54. The Balaban J connectivity index is 1.88. The number of nitrogens with two attached hydrogens (primary N) is 1. The number of ether oxygens (including phenoxy) is 2. The number of hydrogen-bond donors (Lipinski definition) is 2. The molecule has 2 atom stereocenters. The number of nitrogens with one attached hydrogen (secondary N) is 1. The SMILES string of the molecule is CC1CN(c2ccc(Nc3ncc(F)c(N)n3)cc2OC(F)F)CC(C)O1. The van der Waals surface area contributed by atoms with Gasteiger partial charge in [-0.05, 0) is 26.0 Å². The molecule has 1 aromatic carbocycles. The monoisotopic (exact) mass is 383 g/mol. The lowest BCUT2D eigenvalue weighted by atomic mass is 10.1. The van der Waals surface area contributed by atoms with Gasteiger partial charge in [0.15, 0.2) is 17.4 Å². The maximum Gasteiger partial charge on any atom is 0.387 e. The second-order valence-electron chi connectivity index (χ2n) is 6.28. The van der Waals surface area contributed by atoms with Crippen molar-refractivity contribution in [3.05, 3.63) is 30.2 Å². The van der Waals surface area contributed by atoms with Gasteiger partial charge in [0.1, 0.15) is 0 Å². The van der Waals surface area contributed by atoms with Gasteiger partial charge in [0.2, 0.25) is 5.95 Å². The fraction of sp³-hybridized carbons (Fsp3) is 0.412. The van der Waals surface area contributed by atoms with Crippen LogP contribution in [0.1, 0.15) is 13.8 Å². The van der Waals surface area contributed by atoms with E-state index in [2.05, 4.69) is 15.3 Å². The molecule has 1 fully saturated rings. The summed E-state index contributed by atoms with van der Waals surface area (Å²) in [5, 5.41) is 2.80. The highest BCUT2D eigenvalue weighted by molar-refractivity contribution is 5.67. The molecule has 7 nitrogen and oxygen atoms in total. The Bertz CT molecular complexity index is 798. The second kappa shape index (κ2) is 7.87. The van der Waals surface area contributed by atoms with Gasteiger partial charge in [-0.2, -0.15) is 13.8 Å². The number of alkyl halides is 2. The van der Waals surface area contributed by atoms with E-state index in [-0.39, 0.29) is 29.7 Å². The highest BCUT2D eigenvalue weighted by atomic mass is 19.3. The first-order valence-corrected chi connectivity index (χ1v) is 8.36. The Morgan fingerprint density at radius 3 is 2.63 bits per heavy atom. The van der Waals surface area contributed by atoms with Crippen LogP contribution in [0, 0.1) is 5.82 Å². The fourth-order valence-electron chi connectivity index (χ4n) is 2.99. The fourth-order valence-corrected chi connectivity index (χ4v) is 2.99. The normalized spacial score (nSPS) is 20.0. The molecule has 146 valence electrons. The Morgan fingerprint density at radius 1 is 1.30 bits per heavy atom. The van der Waals surface area contributed by atoms with E-state index in [9.17, 15) is 13.2 Å². The van der Waals surface area contributed by atoms with Crippen molar-refractivity contribution in [1.82, 2.24) is 9.97 Å². The van der Waals surface area contributed by atoms with E-state index in [1.165, 1.54) is 6.07 Å². The summed E-state index contributed by atoms with van der Waals surface area (Å²) in [5.74, 6) is -1.01. The van der Waals surface area contributed by atoms with Gasteiger partial charge in [0.05, 0.1) is 24.1 Å². The number of hydrogen-bond acceptors (Lipinski definition) is 7. The number of nitrogens with zero attached hydrogens (tertiary/aromatic N) is 3. The highest BCUT2D eigenvalue weighted by Crippen LogP contribution is 2.35. The minimum absolute atomic E-state index is 0.00591. The zero-order chi connectivity index (χ0) is 19.6. The van der Waals surface area contributed by atoms with Crippen LogP contribution in [-0.2, 0) is 4.74 Å². The van der Waals surface area contributed by atoms with Crippen molar-refractivity contribution in [1.29, 1.82) is 0 Å². The lowest BCUT2D eigenvalue weighted by molar-refractivity contribution is -0.0498. The van der Waals surface area contributed by atoms with Crippen LogP contribution >= 0.6 is 0 Å². The van der Waals surface area contributed by atoms with Crippen LogP contribution in [0.2, 0.25) is 0 Å². The molecular weight excluding hydrogens is 363 g/mol. The largest absolute Gasteiger partial charge is 0.433 e. The van der Waals surface area contributed by atoms with Crippen molar-refractivity contribution in [2.45, 2.75) is 32.7 Å². The van der Waals surface area contributed by atoms with Gasteiger partial charge in [0, 0.05) is 24.8 Å². The molecule has 1 aliphatic heterocycles. The number of rotatable bonds is 5. The zero-order valence-electron chi connectivity index (χ0n) is 14.8. The molecule has 27 heavy (non-hydrogen) atoms. The van der Waals surface area contributed by atoms with Crippen LogP contribution in [0.25, 0.3) is 0 Å². The van der Waals surface area contributed by atoms with E-state index in [0.29, 0.717) is 24.5 Å². The number of anilines is 4. The van der Waals surface area contributed by atoms with Gasteiger partial charge in [-0.3, -0.25) is 0 Å². The molecule has 10 heteroatoms. The van der Waals surface area contributed by atoms with E-state index >= 15 is 0 Å². The molecule has 1 aromatic heterocycles. The summed E-state index contributed by atoms with van der Waals surface area (Å²) < 4.78 is 49.4. The summed E-state index contributed by atoms with van der Waals surface area (Å²) in [7, 11) is 0. The first kappa shape index (κ1) is 19.0. The van der Waals surface area contributed by atoms with Gasteiger partial charge < -0.3 is 25.4 Å². The van der Waals surface area contributed by atoms with Crippen molar-refractivity contribution in [3.8, 4) is 5.75 Å². The first-order chi connectivity index (χ1) is 12.8. The summed E-state index contributed by atoms with van der Waals surface area (Å²) in [6.45, 7) is 1.96. The number of halogens is 3. The van der Waals surface area contributed by atoms with E-state index in [0.717, 1.165) is 6.20 Å². The van der Waals surface area contributed by atoms with Crippen LogP contribution < -0.4 is 20.7 Å². The summed E-state index contributed by atoms with van der Waals surface area (Å²) in [6, 6.07) is 4.74. The van der Waals surface area contributed by atoms with Crippen LogP contribution in [0.3, 0.4) is 0 Å². The van der Waals surface area contributed by atoms with Gasteiger partial charge in [0.25, 0.3) is 0 Å². The highest BCUT2D eigenvalue weighted by Gasteiger charge is 2.25. The molecule has 2 heterocycles. The molecular formula is C17H20F3N5O2. The molecule has 1 aliphatic rings. The van der Waals surface area contributed by atoms with Gasteiger partial charge >= 0.3 is 6.61 Å². The standard InChI is InChI=1S/C17H20F3N5O2/c1-9-7-25(8-10(2)26-9)13-4-3-11(5-14(13)27-16(19)20)23-17-22-6-12(18)15(21)24-17/h3-6,9-10,16H,7-8H2,1-2H3,(H3,21,22,23,24). The predicted octanol–water partition coefficient (Wildman–Crippen LogP) is 3.16. The molecule has 3 rings (SSSR count). The molecule has 0 saturated carbocycles. The van der Waals surface area contributed by atoms with Crippen LogP contribution in [-0.4, -0.2) is 41.9 Å². The summed E-state index contributed by atoms with van der Waals surface area (Å²) in [4.78, 5) is 9.46. The molecule has 2 aromatic rings. The predicted molar refractivity (Wildman–Crippen MR) is 95.0 cm³/mol. The molecule has 0 bridgehead atoms. The molecule has 3 N–H and O–H groups in total. The number of aromatic nitrogens is 2. The summed E-state index contributed by atoms with van der Waals surface area (Å²) in [6.07, 6.45) is 0.842. The Hall–Kier alpha value is -2.75. The molecule has 0 amide bonds. The Morgan fingerprint density at radius 2 is 2.00 bits per heavy atom. The molecule has 1 saturated heterocycles. The molecule has 0 spiro atoms. The van der Waals surface area contributed by atoms with Gasteiger partial charge in [-0.25, -0.2) is 9.37 Å². The average molecular weight is 383 g/mol. The van der Waals surface area contributed by atoms with E-state index in [4.69, 9.17) is 15.2 Å². The van der Waals surface area contributed by atoms with Crippen LogP contribution in [0.15, 0.2) is 24.4 Å². The number of nitrogen functional groups attached to an aromatic ring is 1.